The molecule has 1 atom stereocenters. The van der Waals surface area contributed by atoms with Crippen LogP contribution in [-0.4, -0.2) is 65.3 Å². The Morgan fingerprint density at radius 1 is 1.09 bits per heavy atom. The van der Waals surface area contributed by atoms with Crippen LogP contribution in [0.3, 0.4) is 0 Å². The first-order chi connectivity index (χ1) is 23.1. The minimum atomic E-state index is 0.0639. The topological polar surface area (TPSA) is 56.6 Å². The minimum Gasteiger partial charge on any atom is -0.369 e. The molecule has 7 heteroatoms. The Balaban J connectivity index is 1.54. The van der Waals surface area contributed by atoms with Gasteiger partial charge in [-0.25, -0.2) is 9.97 Å². The first kappa shape index (κ1) is 35.8. The van der Waals surface area contributed by atoms with Crippen molar-refractivity contribution in [2.45, 2.75) is 59.0 Å². The summed E-state index contributed by atoms with van der Waals surface area (Å²) in [6.45, 7) is 12.3. The largest absolute Gasteiger partial charge is 0.369 e. The number of nitrogens with zero attached hydrogens (tertiary/aromatic N) is 5. The second kappa shape index (κ2) is 19.6. The molecule has 1 unspecified atom stereocenters. The number of terminal acetylenes is 1. The van der Waals surface area contributed by atoms with Gasteiger partial charge in [-0.3, -0.25) is 14.8 Å². The molecule has 1 aromatic carbocycles. The molecule has 2 aromatic rings. The molecule has 2 aliphatic rings. The fraction of sp³-hybridized carbons (Fsp3) is 0.375. The molecule has 1 N–H and O–H groups in total. The van der Waals surface area contributed by atoms with Crippen LogP contribution in [0.4, 0.5) is 5.82 Å². The van der Waals surface area contributed by atoms with E-state index in [1.807, 2.05) is 18.3 Å². The number of allylic oxidation sites excluding steroid dienone is 6. The molecule has 47 heavy (non-hydrogen) atoms. The highest BCUT2D eigenvalue weighted by Crippen LogP contribution is 2.31. The van der Waals surface area contributed by atoms with Crippen LogP contribution >= 0.6 is 11.6 Å². The van der Waals surface area contributed by atoms with Gasteiger partial charge in [0.1, 0.15) is 11.6 Å². The van der Waals surface area contributed by atoms with E-state index in [4.69, 9.17) is 28.0 Å². The van der Waals surface area contributed by atoms with E-state index in [1.54, 1.807) is 0 Å². The Morgan fingerprint density at radius 2 is 1.94 bits per heavy atom. The summed E-state index contributed by atoms with van der Waals surface area (Å²) in [5.74, 6) is 4.52. The van der Waals surface area contributed by atoms with Crippen molar-refractivity contribution in [2.75, 3.05) is 44.6 Å². The maximum Gasteiger partial charge on any atom is 0.145 e. The molecule has 2 heterocycles. The van der Waals surface area contributed by atoms with Crippen LogP contribution in [0.2, 0.25) is 5.02 Å². The van der Waals surface area contributed by atoms with Gasteiger partial charge in [-0.2, -0.15) is 0 Å². The summed E-state index contributed by atoms with van der Waals surface area (Å²) < 4.78 is 0. The number of benzene rings is 1. The lowest BCUT2D eigenvalue weighted by Gasteiger charge is -2.34. The summed E-state index contributed by atoms with van der Waals surface area (Å²) >= 11 is 6.30. The minimum absolute atomic E-state index is 0.0639. The molecule has 0 saturated carbocycles. The molecule has 6 nitrogen and oxygen atoms in total. The second-order valence-corrected chi connectivity index (χ2v) is 12.0. The van der Waals surface area contributed by atoms with Crippen molar-refractivity contribution < 1.29 is 0 Å². The summed E-state index contributed by atoms with van der Waals surface area (Å²) in [6, 6.07) is 8.28. The number of likely N-dealkylation sites (N-methyl/N-ethyl adjacent to an activating group) is 2. The predicted molar refractivity (Wildman–Crippen MR) is 201 cm³/mol. The van der Waals surface area contributed by atoms with Crippen LogP contribution in [0.15, 0.2) is 89.0 Å². The van der Waals surface area contributed by atoms with Crippen LogP contribution < -0.4 is 15.9 Å². The quantitative estimate of drug-likeness (QED) is 0.151. The molecule has 1 aliphatic carbocycles. The van der Waals surface area contributed by atoms with Gasteiger partial charge in [0.15, 0.2) is 0 Å². The van der Waals surface area contributed by atoms with E-state index < -0.39 is 0 Å². The van der Waals surface area contributed by atoms with Crippen LogP contribution in [0.25, 0.3) is 12.2 Å². The first-order valence-corrected chi connectivity index (χ1v) is 17.3. The summed E-state index contributed by atoms with van der Waals surface area (Å²) in [4.78, 5) is 19.4. The zero-order valence-corrected chi connectivity index (χ0v) is 29.0. The van der Waals surface area contributed by atoms with Crippen molar-refractivity contribution >= 4 is 35.8 Å². The lowest BCUT2D eigenvalue weighted by Crippen LogP contribution is -2.39. The standard InChI is InChI=1S/C40H49ClN6/c1-5-9-16-33(17-10-6-2)39(34-20-22-35(41)23-21-34)47(8-4)30-29-46(7-3)31-38-44-37-19-13-11-12-18-36(37)40(45-38)43-28-25-32-15-14-26-42-27-24-32/h1,10-12,14-24,27,39H,6-9,13,25-26,28-31H2,2-4H3,(H,43,44,45)/b17-10-,33-16+. The van der Waals surface area contributed by atoms with E-state index in [0.717, 1.165) is 85.8 Å². The van der Waals surface area contributed by atoms with E-state index in [2.05, 4.69) is 120 Å². The van der Waals surface area contributed by atoms with Crippen LogP contribution in [0.1, 0.15) is 63.9 Å². The number of hydrogen-bond donors (Lipinski definition) is 1. The van der Waals surface area contributed by atoms with E-state index in [9.17, 15) is 0 Å². The van der Waals surface area contributed by atoms with Crippen LogP contribution in [0, 0.1) is 12.3 Å². The highest BCUT2D eigenvalue weighted by atomic mass is 35.5. The molecule has 0 amide bonds. The third-order valence-corrected chi connectivity index (χ3v) is 8.55. The van der Waals surface area contributed by atoms with Crippen molar-refractivity contribution in [3.8, 4) is 12.3 Å². The third kappa shape index (κ3) is 11.0. The van der Waals surface area contributed by atoms with Crippen LogP contribution in [-0.2, 0) is 6.54 Å². The van der Waals surface area contributed by atoms with Gasteiger partial charge in [0, 0.05) is 42.5 Å². The van der Waals surface area contributed by atoms with Gasteiger partial charge in [-0.15, -0.1) is 12.3 Å². The smallest absolute Gasteiger partial charge is 0.145 e. The highest BCUT2D eigenvalue weighted by molar-refractivity contribution is 6.30. The van der Waals surface area contributed by atoms with Gasteiger partial charge in [-0.05, 0) is 73.3 Å². The van der Waals surface area contributed by atoms with E-state index in [1.165, 1.54) is 16.7 Å². The summed E-state index contributed by atoms with van der Waals surface area (Å²) in [5, 5.41) is 6.40. The van der Waals surface area contributed by atoms with Gasteiger partial charge >= 0.3 is 0 Å². The van der Waals surface area contributed by atoms with Crippen molar-refractivity contribution in [2.24, 2.45) is 4.99 Å². The average molecular weight is 649 g/mol. The number of hydrogen-bond acceptors (Lipinski definition) is 6. The zero-order valence-electron chi connectivity index (χ0n) is 28.2. The molecule has 0 spiro atoms. The first-order valence-electron chi connectivity index (χ1n) is 16.9. The fourth-order valence-electron chi connectivity index (χ4n) is 5.75. The number of aromatic nitrogens is 2. The monoisotopic (exact) mass is 648 g/mol. The number of fused-ring (bicyclic) bond motifs is 1. The Bertz CT molecular complexity index is 1660. The molecule has 4 rings (SSSR count). The number of halogens is 1. The maximum absolute atomic E-state index is 6.30. The molecule has 0 radical (unpaired) electrons. The lowest BCUT2D eigenvalue weighted by molar-refractivity contribution is 0.181. The lowest BCUT2D eigenvalue weighted by atomic mass is 9.95. The summed E-state index contributed by atoms with van der Waals surface area (Å²) in [7, 11) is 0. The Hall–Kier alpha value is -4.02. The predicted octanol–water partition coefficient (Wildman–Crippen LogP) is 6.82. The van der Waals surface area contributed by atoms with Gasteiger partial charge < -0.3 is 5.32 Å². The van der Waals surface area contributed by atoms with Crippen molar-refractivity contribution in [1.82, 2.24) is 19.8 Å². The van der Waals surface area contributed by atoms with Gasteiger partial charge in [0.25, 0.3) is 0 Å². The maximum atomic E-state index is 6.30. The van der Waals surface area contributed by atoms with E-state index in [0.29, 0.717) is 13.0 Å². The molecule has 246 valence electrons. The number of aliphatic imine (C=N–C) groups is 1. The van der Waals surface area contributed by atoms with Gasteiger partial charge in [0.2, 0.25) is 0 Å². The Labute approximate surface area is 286 Å². The summed E-state index contributed by atoms with van der Waals surface area (Å²) in [6.07, 6.45) is 32.4. The molecule has 0 fully saturated rings. The zero-order chi connectivity index (χ0) is 33.3. The number of anilines is 1. The molecular weight excluding hydrogens is 600 g/mol. The average Bonchev–Trinajstić information content (AvgIpc) is 3.50. The van der Waals surface area contributed by atoms with Crippen LogP contribution in [0.5, 0.6) is 0 Å². The van der Waals surface area contributed by atoms with Gasteiger partial charge in [-0.1, -0.05) is 93.1 Å². The third-order valence-electron chi connectivity index (χ3n) is 8.30. The Morgan fingerprint density at radius 3 is 2.70 bits per heavy atom. The highest BCUT2D eigenvalue weighted by Gasteiger charge is 2.23. The number of nitrogens with one attached hydrogen (secondary N) is 1. The SMILES string of the molecule is C#CC/C=C(\C=C/CC)C(c1ccc(Cl)cc1)N(CC)CCN(CC)Cc1nc(NCCC2=CC=NCC=C2)c2c(n1)=CCC=CC=2. The fourth-order valence-corrected chi connectivity index (χ4v) is 5.88. The molecule has 0 saturated heterocycles. The molecule has 0 bridgehead atoms. The Kier molecular flexibility index (Phi) is 14.9. The van der Waals surface area contributed by atoms with Gasteiger partial charge in [0.05, 0.1) is 24.5 Å². The van der Waals surface area contributed by atoms with E-state index >= 15 is 0 Å². The summed E-state index contributed by atoms with van der Waals surface area (Å²) in [5.41, 5.74) is 3.67. The molecular formula is C40H49ClN6. The number of rotatable bonds is 17. The van der Waals surface area contributed by atoms with Crippen molar-refractivity contribution in [3.63, 3.8) is 0 Å². The molecule has 1 aliphatic heterocycles. The second-order valence-electron chi connectivity index (χ2n) is 11.5. The van der Waals surface area contributed by atoms with Crippen molar-refractivity contribution in [3.05, 3.63) is 111 Å². The van der Waals surface area contributed by atoms with Crippen molar-refractivity contribution in [1.29, 1.82) is 0 Å². The molecule has 1 aromatic heterocycles. The normalized spacial score (nSPS) is 15.1. The van der Waals surface area contributed by atoms with E-state index in [-0.39, 0.29) is 6.04 Å².